The number of para-hydroxylation sites is 1. The fraction of sp³-hybridized carbons (Fsp3) is 0.233. The number of nitrogens with one attached hydrogen (secondary N) is 3. The van der Waals surface area contributed by atoms with Crippen molar-refractivity contribution in [2.24, 2.45) is 0 Å². The molecule has 7 heteroatoms. The number of hydrogen-bond donors (Lipinski definition) is 3. The number of H-pyrrole nitrogens is 1. The monoisotopic (exact) mass is 508 g/mol. The quantitative estimate of drug-likeness (QED) is 0.300. The Labute approximate surface area is 219 Å². The lowest BCUT2D eigenvalue weighted by atomic mass is 9.78. The molecule has 6 nitrogen and oxygen atoms in total. The van der Waals surface area contributed by atoms with Crippen molar-refractivity contribution in [3.63, 3.8) is 0 Å². The van der Waals surface area contributed by atoms with Gasteiger partial charge in [0.1, 0.15) is 0 Å². The second-order valence-corrected chi connectivity index (χ2v) is 10.9. The molecule has 1 spiro atoms. The molecule has 2 aliphatic carbocycles. The number of fused-ring (bicyclic) bond motifs is 2. The molecular weight excluding hydrogens is 484 g/mol. The van der Waals surface area contributed by atoms with Crippen molar-refractivity contribution in [3.05, 3.63) is 112 Å². The van der Waals surface area contributed by atoms with Crippen molar-refractivity contribution in [3.8, 4) is 0 Å². The average Bonchev–Trinajstić information content (AvgIpc) is 3.79. The van der Waals surface area contributed by atoms with Gasteiger partial charge in [-0.05, 0) is 72.7 Å². The first kappa shape index (κ1) is 22.3. The van der Waals surface area contributed by atoms with Gasteiger partial charge < -0.3 is 10.6 Å². The summed E-state index contributed by atoms with van der Waals surface area (Å²) < 4.78 is 0. The van der Waals surface area contributed by atoms with Crippen LogP contribution in [0.2, 0.25) is 5.02 Å². The van der Waals surface area contributed by atoms with Crippen LogP contribution in [0.1, 0.15) is 57.9 Å². The van der Waals surface area contributed by atoms with E-state index in [2.05, 4.69) is 26.9 Å². The molecule has 2 atom stereocenters. The number of aromatic amines is 1. The zero-order valence-electron chi connectivity index (χ0n) is 20.1. The van der Waals surface area contributed by atoms with Crippen LogP contribution in [0.3, 0.4) is 0 Å². The molecule has 184 valence electrons. The van der Waals surface area contributed by atoms with Gasteiger partial charge in [0.15, 0.2) is 5.82 Å². The van der Waals surface area contributed by atoms with Crippen molar-refractivity contribution in [1.29, 1.82) is 0 Å². The molecule has 3 aliphatic rings. The lowest BCUT2D eigenvalue weighted by Crippen LogP contribution is -2.31. The van der Waals surface area contributed by atoms with Gasteiger partial charge in [-0.25, -0.2) is 0 Å². The summed E-state index contributed by atoms with van der Waals surface area (Å²) in [4.78, 5) is 26.6. The molecule has 0 unspecified atom stereocenters. The number of anilines is 2. The molecule has 37 heavy (non-hydrogen) atoms. The average molecular weight is 509 g/mol. The minimum atomic E-state index is -0.649. The van der Waals surface area contributed by atoms with E-state index < -0.39 is 10.8 Å². The summed E-state index contributed by atoms with van der Waals surface area (Å²) in [6.45, 7) is 0. The fourth-order valence-corrected chi connectivity index (χ4v) is 6.30. The first-order valence-corrected chi connectivity index (χ1v) is 13.0. The van der Waals surface area contributed by atoms with E-state index in [4.69, 9.17) is 11.6 Å². The molecule has 1 aromatic heterocycles. The number of aromatic nitrogens is 2. The van der Waals surface area contributed by atoms with Gasteiger partial charge in [0.25, 0.3) is 5.91 Å². The Morgan fingerprint density at radius 2 is 1.84 bits per heavy atom. The second kappa shape index (κ2) is 8.05. The van der Waals surface area contributed by atoms with Crippen molar-refractivity contribution in [2.75, 3.05) is 10.6 Å². The van der Waals surface area contributed by atoms with E-state index in [9.17, 15) is 9.59 Å². The Bertz CT molecular complexity index is 1560. The highest BCUT2D eigenvalue weighted by molar-refractivity contribution is 6.30. The highest BCUT2D eigenvalue weighted by Gasteiger charge is 2.75. The smallest absolute Gasteiger partial charge is 0.256 e. The Kier molecular flexibility index (Phi) is 4.85. The summed E-state index contributed by atoms with van der Waals surface area (Å²) in [7, 11) is 0. The lowest BCUT2D eigenvalue weighted by Gasteiger charge is -2.23. The zero-order chi connectivity index (χ0) is 25.2. The van der Waals surface area contributed by atoms with Crippen molar-refractivity contribution in [2.45, 2.75) is 42.4 Å². The minimum absolute atomic E-state index is 0.0301. The Morgan fingerprint density at radius 1 is 1.03 bits per heavy atom. The van der Waals surface area contributed by atoms with Crippen LogP contribution < -0.4 is 10.6 Å². The van der Waals surface area contributed by atoms with E-state index in [0.29, 0.717) is 35.2 Å². The van der Waals surface area contributed by atoms with Gasteiger partial charge >= 0.3 is 0 Å². The maximum Gasteiger partial charge on any atom is 0.256 e. The molecule has 2 saturated carbocycles. The number of halogens is 1. The fourth-order valence-electron chi connectivity index (χ4n) is 6.17. The molecule has 3 aromatic carbocycles. The molecule has 3 N–H and O–H groups in total. The molecule has 7 rings (SSSR count). The summed E-state index contributed by atoms with van der Waals surface area (Å²) in [6.07, 6.45) is 3.64. The number of amides is 2. The highest BCUT2D eigenvalue weighted by atomic mass is 35.5. The molecule has 4 aromatic rings. The summed E-state index contributed by atoms with van der Waals surface area (Å²) in [5, 5.41) is 13.9. The van der Waals surface area contributed by atoms with Gasteiger partial charge in [-0.3, -0.25) is 14.7 Å². The standard InChI is InChI=1S/C30H25ClN4O2/c31-22-12-10-21(11-13-22)29(17-30(29)23-6-1-2-7-24(23)32-28(30)37)16-18-4-3-5-20(14-18)27(36)33-26-15-25(34-35-26)19-8-9-19/h1-7,10-15,19H,8-9,16-17H2,(H,32,37)(H2,33,34,35,36)/t29-,30+/m0/s1. The molecule has 0 radical (unpaired) electrons. The van der Waals surface area contributed by atoms with Gasteiger partial charge in [-0.1, -0.05) is 54.1 Å². The van der Waals surface area contributed by atoms with Gasteiger partial charge in [0.2, 0.25) is 5.91 Å². The summed E-state index contributed by atoms with van der Waals surface area (Å²) in [5.41, 5.74) is 4.53. The first-order valence-electron chi connectivity index (χ1n) is 12.6. The van der Waals surface area contributed by atoms with E-state index in [1.807, 2.05) is 72.8 Å². The highest BCUT2D eigenvalue weighted by Crippen LogP contribution is 2.70. The zero-order valence-corrected chi connectivity index (χ0v) is 20.8. The predicted octanol–water partition coefficient (Wildman–Crippen LogP) is 5.97. The summed E-state index contributed by atoms with van der Waals surface area (Å²) >= 11 is 6.22. The van der Waals surface area contributed by atoms with E-state index in [1.54, 1.807) is 0 Å². The third-order valence-corrected chi connectivity index (χ3v) is 8.48. The van der Waals surface area contributed by atoms with Crippen LogP contribution in [0.5, 0.6) is 0 Å². The maximum atomic E-state index is 13.5. The Morgan fingerprint density at radius 3 is 2.65 bits per heavy atom. The van der Waals surface area contributed by atoms with Gasteiger partial charge in [-0.15, -0.1) is 0 Å². The van der Waals surface area contributed by atoms with Crippen LogP contribution in [-0.2, 0) is 22.0 Å². The van der Waals surface area contributed by atoms with Crippen molar-refractivity contribution >= 4 is 34.9 Å². The second-order valence-electron chi connectivity index (χ2n) is 10.5. The molecule has 1 aliphatic heterocycles. The van der Waals surface area contributed by atoms with Crippen molar-refractivity contribution in [1.82, 2.24) is 10.2 Å². The van der Waals surface area contributed by atoms with Crippen molar-refractivity contribution < 1.29 is 9.59 Å². The first-order chi connectivity index (χ1) is 18.0. The summed E-state index contributed by atoms with van der Waals surface area (Å²) in [5.74, 6) is 0.901. The van der Waals surface area contributed by atoms with E-state index in [-0.39, 0.29) is 11.8 Å². The lowest BCUT2D eigenvalue weighted by molar-refractivity contribution is -0.118. The number of nitrogens with zero attached hydrogens (tertiary/aromatic N) is 1. The normalized spacial score (nSPS) is 23.5. The number of hydrogen-bond acceptors (Lipinski definition) is 3. The predicted molar refractivity (Wildman–Crippen MR) is 143 cm³/mol. The van der Waals surface area contributed by atoms with Crippen LogP contribution in [0, 0.1) is 0 Å². The molecule has 2 heterocycles. The summed E-state index contributed by atoms with van der Waals surface area (Å²) in [6, 6.07) is 25.3. The SMILES string of the molecule is O=C(Nc1cc(C2CC2)[nH]n1)c1cccc(C[C@@]2(c3ccc(Cl)cc3)C[C@@]23C(=O)Nc2ccccc23)c1. The van der Waals surface area contributed by atoms with Crippen LogP contribution >= 0.6 is 11.6 Å². The van der Waals surface area contributed by atoms with E-state index in [1.165, 1.54) is 0 Å². The van der Waals surface area contributed by atoms with E-state index in [0.717, 1.165) is 40.9 Å². The largest absolute Gasteiger partial charge is 0.325 e. The van der Waals surface area contributed by atoms with Crippen LogP contribution in [0.15, 0.2) is 78.9 Å². The molecule has 2 amide bonds. The molecule has 0 bridgehead atoms. The number of benzene rings is 3. The van der Waals surface area contributed by atoms with E-state index >= 15 is 0 Å². The van der Waals surface area contributed by atoms with Crippen LogP contribution in [-0.4, -0.2) is 22.0 Å². The Hall–Kier alpha value is -3.90. The minimum Gasteiger partial charge on any atom is -0.325 e. The third kappa shape index (κ3) is 3.50. The molecule has 2 fully saturated rings. The topological polar surface area (TPSA) is 86.9 Å². The number of carbonyl (C=O) groups is 2. The van der Waals surface area contributed by atoms with Crippen LogP contribution in [0.4, 0.5) is 11.5 Å². The van der Waals surface area contributed by atoms with Crippen LogP contribution in [0.25, 0.3) is 0 Å². The molecule has 0 saturated heterocycles. The van der Waals surface area contributed by atoms with Gasteiger partial charge in [0, 0.05) is 39.4 Å². The number of rotatable bonds is 6. The van der Waals surface area contributed by atoms with Gasteiger partial charge in [0.05, 0.1) is 5.41 Å². The maximum absolute atomic E-state index is 13.5. The molecular formula is C30H25ClN4O2. The Balaban J connectivity index is 1.22. The number of carbonyl (C=O) groups excluding carboxylic acids is 2. The van der Waals surface area contributed by atoms with Gasteiger partial charge in [-0.2, -0.15) is 5.10 Å². The third-order valence-electron chi connectivity index (χ3n) is 8.23.